The van der Waals surface area contributed by atoms with Crippen LogP contribution < -0.4 is 14.2 Å². The van der Waals surface area contributed by atoms with Gasteiger partial charge in [0.15, 0.2) is 11.5 Å². The summed E-state index contributed by atoms with van der Waals surface area (Å²) in [5.74, 6) is 0.884. The Morgan fingerprint density at radius 2 is 1.78 bits per heavy atom. The average molecular weight is 624 g/mol. The molecule has 0 saturated carbocycles. The molecule has 2 aromatic carbocycles. The van der Waals surface area contributed by atoms with Gasteiger partial charge in [0.25, 0.3) is 0 Å². The maximum atomic E-state index is 13.9. The van der Waals surface area contributed by atoms with Crippen molar-refractivity contribution in [1.29, 1.82) is 0 Å². The summed E-state index contributed by atoms with van der Waals surface area (Å²) in [6, 6.07) is 10.6. The highest BCUT2D eigenvalue weighted by molar-refractivity contribution is 6.41. The lowest BCUT2D eigenvalue weighted by atomic mass is 9.80. The number of nitrogens with zero attached hydrogens (tertiary/aromatic N) is 1. The molecule has 2 unspecified atom stereocenters. The fraction of sp³-hybridized carbons (Fsp3) is 0.528. The van der Waals surface area contributed by atoms with Crippen LogP contribution in [0.5, 0.6) is 17.2 Å². The third-order valence-corrected chi connectivity index (χ3v) is 8.53. The molecule has 1 aliphatic heterocycles. The van der Waals surface area contributed by atoms with Gasteiger partial charge in [0.1, 0.15) is 24.5 Å². The molecule has 9 nitrogen and oxygen atoms in total. The van der Waals surface area contributed by atoms with Gasteiger partial charge in [0.2, 0.25) is 11.6 Å². The highest BCUT2D eigenvalue weighted by atomic mass is 16.6. The van der Waals surface area contributed by atoms with Crippen molar-refractivity contribution >= 4 is 17.7 Å². The predicted octanol–water partition coefficient (Wildman–Crippen LogP) is 6.70. The van der Waals surface area contributed by atoms with Crippen LogP contribution in [-0.2, 0) is 31.9 Å². The molecule has 246 valence electrons. The fourth-order valence-electron chi connectivity index (χ4n) is 5.42. The van der Waals surface area contributed by atoms with Gasteiger partial charge in [-0.25, -0.2) is 4.79 Å². The number of likely N-dealkylation sites (tertiary alicyclic amines) is 1. The van der Waals surface area contributed by atoms with Gasteiger partial charge in [-0.2, -0.15) is 0 Å². The van der Waals surface area contributed by atoms with E-state index in [1.807, 2.05) is 43.3 Å². The molecule has 1 aliphatic rings. The van der Waals surface area contributed by atoms with Crippen LogP contribution in [0, 0.1) is 5.41 Å². The Balaban J connectivity index is 1.96. The molecule has 1 saturated heterocycles. The van der Waals surface area contributed by atoms with Crippen molar-refractivity contribution in [3.63, 3.8) is 0 Å². The van der Waals surface area contributed by atoms with Crippen LogP contribution >= 0.6 is 0 Å². The lowest BCUT2D eigenvalue weighted by molar-refractivity contribution is -0.145. The standard InChI is InChI=1S/C36H49NO8/c1-8-12-26-16-17-27(44-22-21-41-5)24-28(26)30(18-14-25-15-19-31(42-6)32(23-25)43-7)45-35(40)37-20-11-10-13-29(37)33(38)34(39)36(3,4)9-2/h8,15-17,19,23-24,29-30H,1,9-14,18,20-22H2,2-7H3. The number of carbonyl (C=O) groups is 3. The first-order chi connectivity index (χ1) is 21.6. The summed E-state index contributed by atoms with van der Waals surface area (Å²) < 4.78 is 28.2. The smallest absolute Gasteiger partial charge is 0.411 e. The number of hydrogen-bond donors (Lipinski definition) is 0. The number of ether oxygens (including phenoxy) is 5. The molecule has 0 radical (unpaired) electrons. The Labute approximate surface area is 267 Å². The Hall–Kier alpha value is -3.85. The van der Waals surface area contributed by atoms with Crippen LogP contribution in [0.25, 0.3) is 0 Å². The molecule has 0 aromatic heterocycles. The minimum atomic E-state index is -0.840. The van der Waals surface area contributed by atoms with Gasteiger partial charge in [0, 0.05) is 19.1 Å². The van der Waals surface area contributed by atoms with Crippen molar-refractivity contribution in [1.82, 2.24) is 4.90 Å². The average Bonchev–Trinajstić information content (AvgIpc) is 3.06. The molecular weight excluding hydrogens is 574 g/mol. The van der Waals surface area contributed by atoms with Gasteiger partial charge in [-0.1, -0.05) is 39.0 Å². The summed E-state index contributed by atoms with van der Waals surface area (Å²) in [4.78, 5) is 42.0. The highest BCUT2D eigenvalue weighted by Gasteiger charge is 2.41. The molecule has 9 heteroatoms. The molecule has 3 rings (SSSR count). The second-order valence-corrected chi connectivity index (χ2v) is 11.9. The number of aryl methyl sites for hydroxylation is 1. The number of carbonyl (C=O) groups excluding carboxylic acids is 3. The first-order valence-electron chi connectivity index (χ1n) is 15.7. The van der Waals surface area contributed by atoms with Gasteiger partial charge >= 0.3 is 6.09 Å². The molecule has 0 N–H and O–H groups in total. The Bertz CT molecular complexity index is 1320. The number of Topliss-reactive ketones (excluding diaryl/α,β-unsaturated/α-hetero) is 2. The van der Waals surface area contributed by atoms with Crippen molar-refractivity contribution in [3.8, 4) is 17.2 Å². The summed E-state index contributed by atoms with van der Waals surface area (Å²) in [5.41, 5.74) is 1.92. The molecule has 45 heavy (non-hydrogen) atoms. The minimum Gasteiger partial charge on any atom is -0.493 e. The number of allylic oxidation sites excluding steroid dienone is 1. The zero-order valence-corrected chi connectivity index (χ0v) is 27.7. The van der Waals surface area contributed by atoms with E-state index in [0.29, 0.717) is 69.1 Å². The molecule has 1 amide bonds. The molecule has 2 atom stereocenters. The third-order valence-electron chi connectivity index (χ3n) is 8.53. The van der Waals surface area contributed by atoms with Gasteiger partial charge in [0.05, 0.1) is 20.8 Å². The van der Waals surface area contributed by atoms with Crippen LogP contribution in [0.2, 0.25) is 0 Å². The molecule has 1 fully saturated rings. The SMILES string of the molecule is C=CCc1ccc(OCCOC)cc1C(CCc1ccc(OC)c(OC)c1)OC(=O)N1CCCCC1C(=O)C(=O)C(C)(C)CC. The molecular formula is C36H49NO8. The molecule has 1 heterocycles. The van der Waals surface area contributed by atoms with Crippen LogP contribution in [0.4, 0.5) is 4.79 Å². The van der Waals surface area contributed by atoms with Crippen LogP contribution in [0.15, 0.2) is 49.1 Å². The fourth-order valence-corrected chi connectivity index (χ4v) is 5.42. The number of amides is 1. The number of rotatable bonds is 17. The first-order valence-corrected chi connectivity index (χ1v) is 15.7. The zero-order valence-electron chi connectivity index (χ0n) is 27.7. The molecule has 2 aromatic rings. The van der Waals surface area contributed by atoms with E-state index in [4.69, 9.17) is 23.7 Å². The van der Waals surface area contributed by atoms with Crippen LogP contribution in [0.1, 0.15) is 75.7 Å². The largest absolute Gasteiger partial charge is 0.493 e. The molecule has 0 bridgehead atoms. The Morgan fingerprint density at radius 3 is 2.44 bits per heavy atom. The number of benzene rings is 2. The normalized spacial score (nSPS) is 15.6. The van der Waals surface area contributed by atoms with Crippen molar-refractivity contribution in [2.24, 2.45) is 5.41 Å². The van der Waals surface area contributed by atoms with E-state index in [1.165, 1.54) is 4.90 Å². The van der Waals surface area contributed by atoms with Crippen LogP contribution in [0.3, 0.4) is 0 Å². The van der Waals surface area contributed by atoms with E-state index >= 15 is 0 Å². The van der Waals surface area contributed by atoms with E-state index < -0.39 is 35.2 Å². The second-order valence-electron chi connectivity index (χ2n) is 11.9. The van der Waals surface area contributed by atoms with E-state index in [-0.39, 0.29) is 0 Å². The molecule has 0 aliphatic carbocycles. The quantitative estimate of drug-likeness (QED) is 0.109. The van der Waals surface area contributed by atoms with Gasteiger partial charge in [-0.3, -0.25) is 14.5 Å². The lowest BCUT2D eigenvalue weighted by Gasteiger charge is -2.36. The maximum absolute atomic E-state index is 13.9. The second kappa shape index (κ2) is 17.0. The highest BCUT2D eigenvalue weighted by Crippen LogP contribution is 2.34. The van der Waals surface area contributed by atoms with Crippen molar-refractivity contribution in [2.45, 2.75) is 77.9 Å². The van der Waals surface area contributed by atoms with Gasteiger partial charge in [-0.05, 0) is 85.9 Å². The summed E-state index contributed by atoms with van der Waals surface area (Å²) in [5, 5.41) is 0. The summed E-state index contributed by atoms with van der Waals surface area (Å²) in [7, 11) is 4.79. The minimum absolute atomic E-state index is 0.344. The zero-order chi connectivity index (χ0) is 33.0. The number of hydrogen-bond acceptors (Lipinski definition) is 8. The first kappa shape index (κ1) is 35.6. The van der Waals surface area contributed by atoms with E-state index in [1.54, 1.807) is 41.3 Å². The van der Waals surface area contributed by atoms with Crippen molar-refractivity contribution in [3.05, 3.63) is 65.7 Å². The third kappa shape index (κ3) is 9.33. The summed E-state index contributed by atoms with van der Waals surface area (Å²) in [6.45, 7) is 10.5. The van der Waals surface area contributed by atoms with Gasteiger partial charge < -0.3 is 23.7 Å². The monoisotopic (exact) mass is 623 g/mol. The van der Waals surface area contributed by atoms with Crippen molar-refractivity contribution in [2.75, 3.05) is 41.1 Å². The maximum Gasteiger partial charge on any atom is 0.411 e. The summed E-state index contributed by atoms with van der Waals surface area (Å²) in [6.07, 6.45) is 4.53. The predicted molar refractivity (Wildman–Crippen MR) is 173 cm³/mol. The summed E-state index contributed by atoms with van der Waals surface area (Å²) >= 11 is 0. The van der Waals surface area contributed by atoms with E-state index in [9.17, 15) is 14.4 Å². The number of piperidine rings is 1. The molecule has 0 spiro atoms. The van der Waals surface area contributed by atoms with Gasteiger partial charge in [-0.15, -0.1) is 6.58 Å². The van der Waals surface area contributed by atoms with Crippen LogP contribution in [-0.4, -0.2) is 69.7 Å². The Kier molecular flexibility index (Phi) is 13.5. The van der Waals surface area contributed by atoms with E-state index in [2.05, 4.69) is 6.58 Å². The lowest BCUT2D eigenvalue weighted by Crippen LogP contribution is -2.52. The Morgan fingerprint density at radius 1 is 1.02 bits per heavy atom. The number of methoxy groups -OCH3 is 3. The topological polar surface area (TPSA) is 101 Å². The number of ketones is 2. The van der Waals surface area contributed by atoms with Crippen molar-refractivity contribution < 1.29 is 38.1 Å². The van der Waals surface area contributed by atoms with E-state index in [0.717, 1.165) is 29.5 Å².